The molecule has 0 aliphatic carbocycles. The summed E-state index contributed by atoms with van der Waals surface area (Å²) < 4.78 is 47.9. The van der Waals surface area contributed by atoms with Gasteiger partial charge in [0.15, 0.2) is 14.9 Å². The number of halogens is 1. The molecule has 0 heterocycles. The van der Waals surface area contributed by atoms with Gasteiger partial charge in [-0.1, -0.05) is 15.9 Å². The Labute approximate surface area is 109 Å². The van der Waals surface area contributed by atoms with Gasteiger partial charge in [-0.25, -0.2) is 16.8 Å². The molecule has 17 heavy (non-hydrogen) atoms. The van der Waals surface area contributed by atoms with E-state index in [2.05, 4.69) is 20.7 Å². The normalized spacial score (nSPS) is 12.4. The van der Waals surface area contributed by atoms with Gasteiger partial charge in [0.25, 0.3) is 0 Å². The van der Waals surface area contributed by atoms with Gasteiger partial charge in [-0.15, -0.1) is 0 Å². The van der Waals surface area contributed by atoms with E-state index in [1.165, 1.54) is 0 Å². The number of rotatable bonds is 4. The van der Waals surface area contributed by atoms with Crippen molar-refractivity contribution >= 4 is 41.5 Å². The van der Waals surface area contributed by atoms with E-state index in [0.717, 1.165) is 16.3 Å². The molecule has 5 nitrogen and oxygen atoms in total. The number of hydrogen-bond acceptors (Lipinski definition) is 4. The highest BCUT2D eigenvalue weighted by atomic mass is 79.9. The van der Waals surface area contributed by atoms with Crippen molar-refractivity contribution < 1.29 is 16.8 Å². The van der Waals surface area contributed by atoms with Gasteiger partial charge in [0.2, 0.25) is 10.0 Å². The molecule has 0 fully saturated rings. The first-order chi connectivity index (χ1) is 7.57. The van der Waals surface area contributed by atoms with Crippen LogP contribution in [-0.2, 0) is 19.9 Å². The van der Waals surface area contributed by atoms with Crippen molar-refractivity contribution in [2.45, 2.75) is 6.92 Å². The second kappa shape index (κ2) is 4.95. The minimum atomic E-state index is -3.88. The summed E-state index contributed by atoms with van der Waals surface area (Å²) in [6.07, 6.45) is 0.873. The van der Waals surface area contributed by atoms with E-state index < -0.39 is 24.9 Å². The summed E-state index contributed by atoms with van der Waals surface area (Å²) in [5.74, 6) is 0. The Balaban J connectivity index is 2.98. The first-order valence-electron chi connectivity index (χ1n) is 4.53. The maximum Gasteiger partial charge on any atom is 0.247 e. The number of aryl methyl sites for hydroxylation is 1. The molecule has 0 saturated heterocycles. The molecule has 1 aromatic rings. The standard InChI is InChI=1S/C9H12BrNO4S2/c1-7-3-8(10)5-9(4-7)11-17(14,15)6-16(2,12)13/h3-5,11H,6H2,1-2H3. The fraction of sp³-hybridized carbons (Fsp3) is 0.333. The molecule has 0 spiro atoms. The van der Waals surface area contributed by atoms with Gasteiger partial charge < -0.3 is 0 Å². The van der Waals surface area contributed by atoms with E-state index in [4.69, 9.17) is 0 Å². The Morgan fingerprint density at radius 3 is 2.24 bits per heavy atom. The summed E-state index contributed by atoms with van der Waals surface area (Å²) in [6.45, 7) is 1.80. The lowest BCUT2D eigenvalue weighted by Crippen LogP contribution is -2.22. The maximum absolute atomic E-state index is 11.5. The SMILES string of the molecule is Cc1cc(Br)cc(NS(=O)(=O)CS(C)(=O)=O)c1. The second-order valence-electron chi connectivity index (χ2n) is 3.78. The van der Waals surface area contributed by atoms with Gasteiger partial charge in [0.05, 0.1) is 0 Å². The Kier molecular flexibility index (Phi) is 4.21. The van der Waals surface area contributed by atoms with Crippen LogP contribution in [0.1, 0.15) is 5.56 Å². The number of benzene rings is 1. The third kappa shape index (κ3) is 5.51. The van der Waals surface area contributed by atoms with Crippen molar-refractivity contribution in [3.05, 3.63) is 28.2 Å². The molecule has 0 aromatic heterocycles. The molecule has 1 aromatic carbocycles. The average molecular weight is 342 g/mol. The molecule has 0 aliphatic heterocycles. The quantitative estimate of drug-likeness (QED) is 0.899. The van der Waals surface area contributed by atoms with Gasteiger partial charge in [0, 0.05) is 16.4 Å². The van der Waals surface area contributed by atoms with Crippen molar-refractivity contribution in [3.8, 4) is 0 Å². The van der Waals surface area contributed by atoms with Crippen LogP contribution in [0.2, 0.25) is 0 Å². The molecular formula is C9H12BrNO4S2. The monoisotopic (exact) mass is 341 g/mol. The van der Waals surface area contributed by atoms with Crippen LogP contribution in [-0.4, -0.2) is 28.2 Å². The lowest BCUT2D eigenvalue weighted by molar-refractivity contribution is 0.595. The predicted molar refractivity (Wildman–Crippen MR) is 71.1 cm³/mol. The fourth-order valence-electron chi connectivity index (χ4n) is 1.29. The molecule has 0 unspecified atom stereocenters. The van der Waals surface area contributed by atoms with Crippen molar-refractivity contribution in [3.63, 3.8) is 0 Å². The maximum atomic E-state index is 11.5. The van der Waals surface area contributed by atoms with Crippen LogP contribution in [0.15, 0.2) is 22.7 Å². The lowest BCUT2D eigenvalue weighted by Gasteiger charge is -2.08. The number of hydrogen-bond donors (Lipinski definition) is 1. The van der Waals surface area contributed by atoms with E-state index in [1.54, 1.807) is 19.1 Å². The summed E-state index contributed by atoms with van der Waals surface area (Å²) in [7, 11) is -7.47. The molecule has 0 aliphatic rings. The Morgan fingerprint density at radius 1 is 1.18 bits per heavy atom. The fourth-order valence-corrected chi connectivity index (χ4v) is 4.86. The van der Waals surface area contributed by atoms with Crippen molar-refractivity contribution in [1.29, 1.82) is 0 Å². The highest BCUT2D eigenvalue weighted by molar-refractivity contribution is 9.10. The molecule has 0 radical (unpaired) electrons. The average Bonchev–Trinajstić information content (AvgIpc) is 1.93. The third-order valence-corrected chi connectivity index (χ3v) is 5.64. The molecule has 96 valence electrons. The van der Waals surface area contributed by atoms with E-state index in [0.29, 0.717) is 5.69 Å². The van der Waals surface area contributed by atoms with Crippen LogP contribution in [0.4, 0.5) is 5.69 Å². The van der Waals surface area contributed by atoms with E-state index >= 15 is 0 Å². The van der Waals surface area contributed by atoms with Gasteiger partial charge in [-0.2, -0.15) is 0 Å². The van der Waals surface area contributed by atoms with Crippen molar-refractivity contribution in [1.82, 2.24) is 0 Å². The number of sulfonamides is 1. The number of anilines is 1. The molecule has 8 heteroatoms. The summed E-state index contributed by atoms with van der Waals surface area (Å²) in [4.78, 5) is 0. The van der Waals surface area contributed by atoms with E-state index in [9.17, 15) is 16.8 Å². The van der Waals surface area contributed by atoms with E-state index in [-0.39, 0.29) is 0 Å². The van der Waals surface area contributed by atoms with Crippen LogP contribution in [0.25, 0.3) is 0 Å². The van der Waals surface area contributed by atoms with Crippen LogP contribution in [0.5, 0.6) is 0 Å². The van der Waals surface area contributed by atoms with Crippen LogP contribution in [0.3, 0.4) is 0 Å². The summed E-state index contributed by atoms with van der Waals surface area (Å²) in [5, 5.41) is -0.925. The van der Waals surface area contributed by atoms with Gasteiger partial charge >= 0.3 is 0 Å². The first-order valence-corrected chi connectivity index (χ1v) is 9.03. The minimum Gasteiger partial charge on any atom is -0.283 e. The summed E-state index contributed by atoms with van der Waals surface area (Å²) in [5.41, 5.74) is 1.19. The highest BCUT2D eigenvalue weighted by Crippen LogP contribution is 2.20. The summed E-state index contributed by atoms with van der Waals surface area (Å²) in [6, 6.07) is 4.99. The Bertz CT molecular complexity index is 602. The molecule has 0 bridgehead atoms. The summed E-state index contributed by atoms with van der Waals surface area (Å²) >= 11 is 3.23. The topological polar surface area (TPSA) is 80.3 Å². The molecule has 1 rings (SSSR count). The molecule has 0 atom stereocenters. The molecular weight excluding hydrogens is 330 g/mol. The zero-order valence-corrected chi connectivity index (χ0v) is 12.5. The first kappa shape index (κ1) is 14.5. The van der Waals surface area contributed by atoms with Gasteiger partial charge in [0.1, 0.15) is 0 Å². The zero-order chi connectivity index (χ0) is 13.3. The Morgan fingerprint density at radius 2 is 1.76 bits per heavy atom. The molecule has 0 amide bonds. The number of nitrogens with one attached hydrogen (secondary N) is 1. The van der Waals surface area contributed by atoms with E-state index in [1.807, 2.05) is 6.07 Å². The van der Waals surface area contributed by atoms with Gasteiger partial charge in [-0.3, -0.25) is 4.72 Å². The van der Waals surface area contributed by atoms with Crippen LogP contribution in [0, 0.1) is 6.92 Å². The lowest BCUT2D eigenvalue weighted by atomic mass is 10.2. The Hall–Kier alpha value is -0.600. The third-order valence-electron chi connectivity index (χ3n) is 1.68. The minimum absolute atomic E-state index is 0.334. The van der Waals surface area contributed by atoms with Crippen molar-refractivity contribution in [2.75, 3.05) is 16.1 Å². The highest BCUT2D eigenvalue weighted by Gasteiger charge is 2.18. The smallest absolute Gasteiger partial charge is 0.247 e. The van der Waals surface area contributed by atoms with Crippen molar-refractivity contribution in [2.24, 2.45) is 0 Å². The molecule has 1 N–H and O–H groups in total. The number of sulfone groups is 1. The van der Waals surface area contributed by atoms with Gasteiger partial charge in [-0.05, 0) is 30.7 Å². The van der Waals surface area contributed by atoms with Crippen LogP contribution >= 0.6 is 15.9 Å². The predicted octanol–water partition coefficient (Wildman–Crippen LogP) is 1.50. The molecule has 0 saturated carbocycles. The second-order valence-corrected chi connectivity index (χ2v) is 8.92. The van der Waals surface area contributed by atoms with Crippen LogP contribution < -0.4 is 4.72 Å². The largest absolute Gasteiger partial charge is 0.283 e. The zero-order valence-electron chi connectivity index (χ0n) is 9.27.